The number of aromatic amines is 2. The molecule has 1 aliphatic heterocycles. The smallest absolute Gasteiger partial charge is 0.178 e. The monoisotopic (exact) mass is 596 g/mol. The first kappa shape index (κ1) is 27.3. The number of halogens is 1. The molecule has 0 atom stereocenters. The van der Waals surface area contributed by atoms with Gasteiger partial charge in [0.15, 0.2) is 11.5 Å². The summed E-state index contributed by atoms with van der Waals surface area (Å²) in [7, 11) is -3.18. The molecule has 0 bridgehead atoms. The van der Waals surface area contributed by atoms with Gasteiger partial charge in [0, 0.05) is 47.9 Å². The van der Waals surface area contributed by atoms with E-state index in [1.54, 1.807) is 24.5 Å². The molecule has 1 aliphatic rings. The number of aromatic nitrogens is 7. The van der Waals surface area contributed by atoms with Crippen molar-refractivity contribution in [2.24, 2.45) is 0 Å². The molecule has 5 aromatic heterocycles. The molecule has 12 heteroatoms. The van der Waals surface area contributed by atoms with E-state index < -0.39 is 15.7 Å². The van der Waals surface area contributed by atoms with Crippen LogP contribution >= 0.6 is 0 Å². The zero-order valence-corrected chi connectivity index (χ0v) is 24.3. The summed E-state index contributed by atoms with van der Waals surface area (Å²) in [6, 6.07) is 10.5. The van der Waals surface area contributed by atoms with Gasteiger partial charge in [-0.15, -0.1) is 0 Å². The SMILES string of the molecule is CS(=O)(=O)CCc1cc(F)cc(-c2ccnc3nc(-c4n[nH]c5cnc(-c6cncc(CN7CCCC7)c6)cc45)[nH]c23)c1. The van der Waals surface area contributed by atoms with Gasteiger partial charge in [-0.2, -0.15) is 5.10 Å². The number of benzene rings is 1. The van der Waals surface area contributed by atoms with Crippen LogP contribution in [0.5, 0.6) is 0 Å². The van der Waals surface area contributed by atoms with Crippen LogP contribution in [-0.2, 0) is 22.8 Å². The lowest BCUT2D eigenvalue weighted by Crippen LogP contribution is -2.18. The van der Waals surface area contributed by atoms with Crippen molar-refractivity contribution in [3.05, 3.63) is 78.1 Å². The van der Waals surface area contributed by atoms with Crippen LogP contribution in [0.2, 0.25) is 0 Å². The first-order chi connectivity index (χ1) is 20.8. The number of hydrogen-bond acceptors (Lipinski definition) is 8. The second kappa shape index (κ2) is 10.9. The predicted octanol–water partition coefficient (Wildman–Crippen LogP) is 4.95. The molecule has 0 amide bonds. The topological polar surface area (TPSA) is 133 Å². The quantitative estimate of drug-likeness (QED) is 0.252. The van der Waals surface area contributed by atoms with Crippen molar-refractivity contribution >= 4 is 31.9 Å². The zero-order valence-electron chi connectivity index (χ0n) is 23.5. The molecule has 0 saturated carbocycles. The van der Waals surface area contributed by atoms with E-state index in [1.165, 1.54) is 31.2 Å². The lowest BCUT2D eigenvalue weighted by atomic mass is 10.0. The summed E-state index contributed by atoms with van der Waals surface area (Å²) in [6.07, 6.45) is 11.0. The summed E-state index contributed by atoms with van der Waals surface area (Å²) < 4.78 is 38.0. The summed E-state index contributed by atoms with van der Waals surface area (Å²) >= 11 is 0. The molecule has 0 spiro atoms. The van der Waals surface area contributed by atoms with Crippen molar-refractivity contribution in [2.45, 2.75) is 25.8 Å². The molecular formula is C31H29FN8O2S. The molecule has 0 radical (unpaired) electrons. The predicted molar refractivity (Wildman–Crippen MR) is 163 cm³/mol. The Morgan fingerprint density at radius 3 is 2.65 bits per heavy atom. The van der Waals surface area contributed by atoms with Crippen LogP contribution in [-0.4, -0.2) is 73.5 Å². The molecule has 2 N–H and O–H groups in total. The molecule has 7 rings (SSSR count). The number of fused-ring (bicyclic) bond motifs is 2. The maximum Gasteiger partial charge on any atom is 0.178 e. The normalized spacial score (nSPS) is 14.3. The number of sulfone groups is 1. The third kappa shape index (κ3) is 5.75. The molecule has 0 aliphatic carbocycles. The van der Waals surface area contributed by atoms with E-state index in [0.29, 0.717) is 39.4 Å². The number of rotatable bonds is 8. The third-order valence-corrected chi connectivity index (χ3v) is 8.73. The average Bonchev–Trinajstić information content (AvgIpc) is 3.75. The maximum atomic E-state index is 14.6. The number of imidazole rings is 1. The maximum absolute atomic E-state index is 14.6. The van der Waals surface area contributed by atoms with Gasteiger partial charge < -0.3 is 4.98 Å². The molecule has 6 aromatic rings. The van der Waals surface area contributed by atoms with E-state index in [-0.39, 0.29) is 12.2 Å². The van der Waals surface area contributed by atoms with Crippen LogP contribution in [0.15, 0.2) is 61.2 Å². The van der Waals surface area contributed by atoms with Gasteiger partial charge in [-0.1, -0.05) is 6.07 Å². The van der Waals surface area contributed by atoms with Crippen molar-refractivity contribution in [2.75, 3.05) is 25.1 Å². The molecule has 0 unspecified atom stereocenters. The van der Waals surface area contributed by atoms with Gasteiger partial charge in [0.1, 0.15) is 21.3 Å². The Balaban J connectivity index is 1.24. The lowest BCUT2D eigenvalue weighted by Gasteiger charge is -2.14. The number of H-pyrrole nitrogens is 2. The van der Waals surface area contributed by atoms with Crippen molar-refractivity contribution < 1.29 is 12.8 Å². The van der Waals surface area contributed by atoms with Crippen molar-refractivity contribution in [3.63, 3.8) is 0 Å². The van der Waals surface area contributed by atoms with E-state index in [0.717, 1.165) is 47.4 Å². The van der Waals surface area contributed by atoms with Crippen LogP contribution in [0.4, 0.5) is 4.39 Å². The van der Waals surface area contributed by atoms with Crippen molar-refractivity contribution in [1.82, 2.24) is 40.0 Å². The van der Waals surface area contributed by atoms with Crippen LogP contribution in [0.25, 0.3) is 56.0 Å². The number of aryl methyl sites for hydroxylation is 1. The molecule has 1 fully saturated rings. The van der Waals surface area contributed by atoms with Gasteiger partial charge >= 0.3 is 0 Å². The summed E-state index contributed by atoms with van der Waals surface area (Å²) in [5.41, 5.74) is 7.21. The number of pyridine rings is 3. The summed E-state index contributed by atoms with van der Waals surface area (Å²) in [4.78, 5) is 24.1. The largest absolute Gasteiger partial charge is 0.335 e. The Labute approximate surface area is 247 Å². The first-order valence-corrected chi connectivity index (χ1v) is 16.2. The molecule has 1 aromatic carbocycles. The highest BCUT2D eigenvalue weighted by Gasteiger charge is 2.18. The minimum absolute atomic E-state index is 0.0578. The molecule has 10 nitrogen and oxygen atoms in total. The van der Waals surface area contributed by atoms with E-state index in [2.05, 4.69) is 41.1 Å². The molecule has 1 saturated heterocycles. The van der Waals surface area contributed by atoms with Gasteiger partial charge in [0.25, 0.3) is 0 Å². The first-order valence-electron chi connectivity index (χ1n) is 14.1. The highest BCUT2D eigenvalue weighted by atomic mass is 32.2. The van der Waals surface area contributed by atoms with Gasteiger partial charge in [0.05, 0.1) is 28.7 Å². The fraction of sp³-hybridized carbons (Fsp3) is 0.258. The summed E-state index contributed by atoms with van der Waals surface area (Å²) in [6.45, 7) is 3.10. The van der Waals surface area contributed by atoms with Crippen LogP contribution in [0.3, 0.4) is 0 Å². The van der Waals surface area contributed by atoms with Crippen molar-refractivity contribution in [1.29, 1.82) is 0 Å². The zero-order chi connectivity index (χ0) is 29.6. The van der Waals surface area contributed by atoms with E-state index in [4.69, 9.17) is 4.98 Å². The van der Waals surface area contributed by atoms with Gasteiger partial charge in [-0.05, 0) is 79.4 Å². The second-order valence-corrected chi connectivity index (χ2v) is 13.4. The minimum atomic E-state index is -3.18. The van der Waals surface area contributed by atoms with Crippen molar-refractivity contribution in [3.8, 4) is 33.9 Å². The molecule has 218 valence electrons. The Morgan fingerprint density at radius 1 is 0.977 bits per heavy atom. The fourth-order valence-electron chi connectivity index (χ4n) is 5.69. The van der Waals surface area contributed by atoms with Crippen LogP contribution < -0.4 is 0 Å². The summed E-state index contributed by atoms with van der Waals surface area (Å²) in [5, 5.41) is 8.41. The Morgan fingerprint density at radius 2 is 1.81 bits per heavy atom. The average molecular weight is 597 g/mol. The number of hydrogen-bond donors (Lipinski definition) is 2. The molecule has 43 heavy (non-hydrogen) atoms. The second-order valence-electron chi connectivity index (χ2n) is 11.1. The third-order valence-electron chi connectivity index (χ3n) is 7.79. The number of nitrogens with zero attached hydrogens (tertiary/aromatic N) is 6. The lowest BCUT2D eigenvalue weighted by molar-refractivity contribution is 0.331. The highest BCUT2D eigenvalue weighted by molar-refractivity contribution is 7.90. The van der Waals surface area contributed by atoms with Gasteiger partial charge in [-0.3, -0.25) is 20.0 Å². The van der Waals surface area contributed by atoms with E-state index in [1.807, 2.05) is 18.5 Å². The number of nitrogens with one attached hydrogen (secondary N) is 2. The Hall–Kier alpha value is -4.55. The van der Waals surface area contributed by atoms with Crippen LogP contribution in [0.1, 0.15) is 24.0 Å². The number of likely N-dealkylation sites (tertiary alicyclic amines) is 1. The Kier molecular flexibility index (Phi) is 6.94. The van der Waals surface area contributed by atoms with Gasteiger partial charge in [0.2, 0.25) is 0 Å². The minimum Gasteiger partial charge on any atom is -0.335 e. The van der Waals surface area contributed by atoms with Crippen LogP contribution in [0, 0.1) is 5.82 Å². The highest BCUT2D eigenvalue weighted by Crippen LogP contribution is 2.32. The standard InChI is InChI=1S/C31H29FN8O2S/c1-43(41,42)9-5-19-10-21(13-23(32)12-19)24-4-6-34-30-28(24)36-31(37-30)29-25-14-26(35-17-27(25)38-39-29)22-11-20(15-33-16-22)18-40-7-2-3-8-40/h4,6,10-17H,2-3,5,7-9,18H2,1H3,(H,38,39)(H,34,36,37). The summed E-state index contributed by atoms with van der Waals surface area (Å²) in [5.74, 6) is 0.00792. The fourth-order valence-corrected chi connectivity index (χ4v) is 6.29. The van der Waals surface area contributed by atoms with E-state index in [9.17, 15) is 12.8 Å². The molecular weight excluding hydrogens is 567 g/mol. The molecule has 6 heterocycles. The van der Waals surface area contributed by atoms with E-state index >= 15 is 0 Å². The van der Waals surface area contributed by atoms with Gasteiger partial charge in [-0.25, -0.2) is 22.8 Å². The Bertz CT molecular complexity index is 2080.